The lowest BCUT2D eigenvalue weighted by Gasteiger charge is -2.14. The van der Waals surface area contributed by atoms with E-state index in [0.717, 1.165) is 11.3 Å². The largest absolute Gasteiger partial charge is 0.374 e. The Balaban J connectivity index is 2.57. The topological polar surface area (TPSA) is 70.2 Å². The monoisotopic (exact) mass is 235 g/mol. The second-order valence-electron chi connectivity index (χ2n) is 3.80. The molecule has 0 bridgehead atoms. The molecule has 0 unspecified atom stereocenters. The van der Waals surface area contributed by atoms with E-state index in [1.54, 1.807) is 6.92 Å². The summed E-state index contributed by atoms with van der Waals surface area (Å²) in [4.78, 5) is 22.5. The van der Waals surface area contributed by atoms with Crippen LogP contribution in [0.1, 0.15) is 12.5 Å². The van der Waals surface area contributed by atoms with Gasteiger partial charge in [0.15, 0.2) is 0 Å². The first-order valence-electron chi connectivity index (χ1n) is 5.38. The van der Waals surface area contributed by atoms with Crippen LogP contribution in [-0.4, -0.2) is 25.0 Å². The smallest absolute Gasteiger partial charge is 0.321 e. The van der Waals surface area contributed by atoms with Crippen LogP contribution in [0, 0.1) is 6.92 Å². The average molecular weight is 235 g/mol. The summed E-state index contributed by atoms with van der Waals surface area (Å²) >= 11 is 0. The van der Waals surface area contributed by atoms with Crippen LogP contribution in [-0.2, 0) is 4.79 Å². The fourth-order valence-corrected chi connectivity index (χ4v) is 1.33. The molecule has 0 saturated carbocycles. The van der Waals surface area contributed by atoms with E-state index in [2.05, 4.69) is 16.0 Å². The lowest BCUT2D eigenvalue weighted by Crippen LogP contribution is -2.44. The van der Waals surface area contributed by atoms with Crippen molar-refractivity contribution in [3.63, 3.8) is 0 Å². The first-order chi connectivity index (χ1) is 8.02. The molecule has 0 radical (unpaired) electrons. The third kappa shape index (κ3) is 4.14. The molecule has 5 heteroatoms. The number of rotatable bonds is 3. The van der Waals surface area contributed by atoms with Gasteiger partial charge < -0.3 is 10.6 Å². The number of benzene rings is 1. The summed E-state index contributed by atoms with van der Waals surface area (Å²) in [7, 11) is 1.46. The van der Waals surface area contributed by atoms with Gasteiger partial charge in [-0.05, 0) is 31.5 Å². The third-order valence-electron chi connectivity index (χ3n) is 2.26. The SMILES string of the molecule is CNC(=O)NC(=O)[C@H](C)Nc1cccc(C)c1. The molecule has 0 aromatic heterocycles. The van der Waals surface area contributed by atoms with E-state index in [9.17, 15) is 9.59 Å². The molecule has 3 amide bonds. The highest BCUT2D eigenvalue weighted by Crippen LogP contribution is 2.10. The van der Waals surface area contributed by atoms with Crippen LogP contribution in [0.4, 0.5) is 10.5 Å². The number of urea groups is 1. The van der Waals surface area contributed by atoms with Crippen LogP contribution in [0.5, 0.6) is 0 Å². The molecule has 1 aromatic carbocycles. The zero-order chi connectivity index (χ0) is 12.8. The minimum absolute atomic E-state index is 0.370. The molecule has 0 aliphatic heterocycles. The molecule has 0 spiro atoms. The van der Waals surface area contributed by atoms with Crippen LogP contribution in [0.25, 0.3) is 0 Å². The summed E-state index contributed by atoms with van der Waals surface area (Å²) in [6.45, 7) is 3.67. The Bertz CT molecular complexity index is 418. The third-order valence-corrected chi connectivity index (χ3v) is 2.26. The van der Waals surface area contributed by atoms with Crippen molar-refractivity contribution in [2.45, 2.75) is 19.9 Å². The number of amides is 3. The van der Waals surface area contributed by atoms with Crippen molar-refractivity contribution < 1.29 is 9.59 Å². The Morgan fingerprint density at radius 1 is 1.29 bits per heavy atom. The highest BCUT2D eigenvalue weighted by atomic mass is 16.2. The number of carbonyl (C=O) groups is 2. The fourth-order valence-electron chi connectivity index (χ4n) is 1.33. The number of imide groups is 1. The van der Waals surface area contributed by atoms with Crippen molar-refractivity contribution in [3.05, 3.63) is 29.8 Å². The van der Waals surface area contributed by atoms with Gasteiger partial charge in [-0.3, -0.25) is 10.1 Å². The number of aryl methyl sites for hydroxylation is 1. The van der Waals surface area contributed by atoms with Gasteiger partial charge in [0.2, 0.25) is 5.91 Å². The molecule has 0 aliphatic rings. The molecule has 1 aromatic rings. The Morgan fingerprint density at radius 3 is 2.59 bits per heavy atom. The minimum Gasteiger partial charge on any atom is -0.374 e. The standard InChI is InChI=1S/C12H17N3O2/c1-8-5-4-6-10(7-8)14-9(2)11(16)15-12(17)13-3/h4-7,9,14H,1-3H3,(H2,13,15,16,17)/t9-/m0/s1. The van der Waals surface area contributed by atoms with E-state index < -0.39 is 12.1 Å². The van der Waals surface area contributed by atoms with Crippen LogP contribution < -0.4 is 16.0 Å². The Morgan fingerprint density at radius 2 is 2.00 bits per heavy atom. The first kappa shape index (κ1) is 13.0. The van der Waals surface area contributed by atoms with Gasteiger partial charge >= 0.3 is 6.03 Å². The maximum absolute atomic E-state index is 11.6. The van der Waals surface area contributed by atoms with Crippen molar-refractivity contribution in [3.8, 4) is 0 Å². The Kier molecular flexibility index (Phi) is 4.51. The molecule has 92 valence electrons. The molecular weight excluding hydrogens is 218 g/mol. The van der Waals surface area contributed by atoms with E-state index >= 15 is 0 Å². The number of hydrogen-bond donors (Lipinski definition) is 3. The molecule has 0 heterocycles. The first-order valence-corrected chi connectivity index (χ1v) is 5.38. The van der Waals surface area contributed by atoms with E-state index in [1.165, 1.54) is 7.05 Å². The normalized spacial score (nSPS) is 11.5. The summed E-state index contributed by atoms with van der Waals surface area (Å²) in [5, 5.41) is 7.56. The average Bonchev–Trinajstić information content (AvgIpc) is 2.28. The van der Waals surface area contributed by atoms with Crippen LogP contribution in [0.2, 0.25) is 0 Å². The van der Waals surface area contributed by atoms with Gasteiger partial charge in [-0.15, -0.1) is 0 Å². The summed E-state index contributed by atoms with van der Waals surface area (Å²) in [6, 6.07) is 6.70. The van der Waals surface area contributed by atoms with Crippen molar-refractivity contribution in [2.24, 2.45) is 0 Å². The Hall–Kier alpha value is -2.04. The highest BCUT2D eigenvalue weighted by molar-refractivity contribution is 5.97. The lowest BCUT2D eigenvalue weighted by atomic mass is 10.2. The molecule has 0 fully saturated rings. The van der Waals surface area contributed by atoms with Gasteiger partial charge in [0.25, 0.3) is 0 Å². The zero-order valence-corrected chi connectivity index (χ0v) is 10.2. The number of hydrogen-bond acceptors (Lipinski definition) is 3. The summed E-state index contributed by atoms with van der Waals surface area (Å²) in [5.41, 5.74) is 1.96. The van der Waals surface area contributed by atoms with E-state index in [4.69, 9.17) is 0 Å². The molecule has 0 aliphatic carbocycles. The van der Waals surface area contributed by atoms with Gasteiger partial charge in [-0.1, -0.05) is 12.1 Å². The van der Waals surface area contributed by atoms with Gasteiger partial charge in [-0.2, -0.15) is 0 Å². The predicted octanol–water partition coefficient (Wildman–Crippen LogP) is 1.25. The molecule has 1 atom stereocenters. The second-order valence-corrected chi connectivity index (χ2v) is 3.80. The van der Waals surface area contributed by atoms with Gasteiger partial charge in [-0.25, -0.2) is 4.79 Å². The maximum atomic E-state index is 11.6. The summed E-state index contributed by atoms with van der Waals surface area (Å²) in [5.74, 6) is -0.370. The molecular formula is C12H17N3O2. The number of anilines is 1. The van der Waals surface area contributed by atoms with Crippen LogP contribution in [0.3, 0.4) is 0 Å². The quantitative estimate of drug-likeness (QED) is 0.738. The molecule has 3 N–H and O–H groups in total. The molecule has 5 nitrogen and oxygen atoms in total. The van der Waals surface area contributed by atoms with E-state index in [-0.39, 0.29) is 5.91 Å². The predicted molar refractivity (Wildman–Crippen MR) is 66.9 cm³/mol. The Labute approximate surface area is 101 Å². The van der Waals surface area contributed by atoms with Gasteiger partial charge in [0.05, 0.1) is 0 Å². The minimum atomic E-state index is -0.507. The van der Waals surface area contributed by atoms with Crippen molar-refractivity contribution in [1.29, 1.82) is 0 Å². The van der Waals surface area contributed by atoms with Crippen molar-refractivity contribution in [1.82, 2.24) is 10.6 Å². The van der Waals surface area contributed by atoms with Crippen molar-refractivity contribution >= 4 is 17.6 Å². The van der Waals surface area contributed by atoms with E-state index in [1.807, 2.05) is 31.2 Å². The van der Waals surface area contributed by atoms with Gasteiger partial charge in [0.1, 0.15) is 6.04 Å². The number of nitrogens with one attached hydrogen (secondary N) is 3. The molecule has 0 saturated heterocycles. The fraction of sp³-hybridized carbons (Fsp3) is 0.333. The van der Waals surface area contributed by atoms with E-state index in [0.29, 0.717) is 0 Å². The summed E-state index contributed by atoms with van der Waals surface area (Å²) in [6.07, 6.45) is 0. The molecule has 1 rings (SSSR count). The van der Waals surface area contributed by atoms with Crippen LogP contribution >= 0.6 is 0 Å². The van der Waals surface area contributed by atoms with Crippen molar-refractivity contribution in [2.75, 3.05) is 12.4 Å². The molecule has 17 heavy (non-hydrogen) atoms. The summed E-state index contributed by atoms with van der Waals surface area (Å²) < 4.78 is 0. The second kappa shape index (κ2) is 5.89. The maximum Gasteiger partial charge on any atom is 0.321 e. The highest BCUT2D eigenvalue weighted by Gasteiger charge is 2.14. The number of carbonyl (C=O) groups excluding carboxylic acids is 2. The zero-order valence-electron chi connectivity index (χ0n) is 10.2. The van der Waals surface area contributed by atoms with Gasteiger partial charge in [0, 0.05) is 12.7 Å². The van der Waals surface area contributed by atoms with Crippen LogP contribution in [0.15, 0.2) is 24.3 Å². The lowest BCUT2D eigenvalue weighted by molar-refractivity contribution is -0.120.